The van der Waals surface area contributed by atoms with Crippen molar-refractivity contribution in [3.05, 3.63) is 119 Å². The maximum absolute atomic E-state index is 11.9. The summed E-state index contributed by atoms with van der Waals surface area (Å²) in [4.78, 5) is 15.3. The molecular weight excluding hydrogens is 370 g/mol. The zero-order valence-electron chi connectivity index (χ0n) is 16.2. The second-order valence-corrected chi connectivity index (χ2v) is 7.05. The van der Waals surface area contributed by atoms with Crippen LogP contribution in [0.1, 0.15) is 0 Å². The number of rotatable bonds is 1. The Bertz CT molecular complexity index is 1460. The number of H-pyrrole nitrogens is 1. The number of hydrogen-bond donors (Lipinski definition) is 1. The summed E-state index contributed by atoms with van der Waals surface area (Å²) < 4.78 is 5.73. The van der Waals surface area contributed by atoms with Crippen LogP contribution in [0.2, 0.25) is 0 Å². The minimum absolute atomic E-state index is 0.00861. The molecule has 0 saturated heterocycles. The van der Waals surface area contributed by atoms with Crippen molar-refractivity contribution in [1.82, 2.24) is 4.98 Å². The number of para-hydroxylation sites is 3. The average Bonchev–Trinajstić information content (AvgIpc) is 3.19. The van der Waals surface area contributed by atoms with Crippen molar-refractivity contribution in [2.45, 2.75) is 0 Å². The van der Waals surface area contributed by atoms with Gasteiger partial charge in [-0.3, -0.25) is 4.79 Å². The summed E-state index contributed by atoms with van der Waals surface area (Å²) in [7, 11) is 0. The fraction of sp³-hybridized carbons (Fsp3) is 0. The zero-order valence-corrected chi connectivity index (χ0v) is 16.2. The molecule has 0 saturated carbocycles. The van der Waals surface area contributed by atoms with Crippen LogP contribution in [0.5, 0.6) is 0 Å². The summed E-state index contributed by atoms with van der Waals surface area (Å²) in [5.74, 6) is 0.606. The Kier molecular flexibility index (Phi) is 4.62. The van der Waals surface area contributed by atoms with Crippen molar-refractivity contribution in [2.24, 2.45) is 0 Å². The molecule has 6 aromatic rings. The third-order valence-electron chi connectivity index (χ3n) is 5.11. The van der Waals surface area contributed by atoms with Gasteiger partial charge in [-0.1, -0.05) is 78.9 Å². The van der Waals surface area contributed by atoms with Gasteiger partial charge >= 0.3 is 0 Å². The molecule has 30 heavy (non-hydrogen) atoms. The van der Waals surface area contributed by atoms with Gasteiger partial charge < -0.3 is 9.40 Å². The molecule has 0 atom stereocenters. The number of nitrogens with one attached hydrogen (secondary N) is 1. The fourth-order valence-electron chi connectivity index (χ4n) is 3.65. The molecule has 2 heterocycles. The summed E-state index contributed by atoms with van der Waals surface area (Å²) in [5.41, 5.74) is 3.95. The molecule has 3 nitrogen and oxygen atoms in total. The lowest BCUT2D eigenvalue weighted by molar-refractivity contribution is 0.619. The zero-order chi connectivity index (χ0) is 20.3. The van der Waals surface area contributed by atoms with E-state index in [-0.39, 0.29) is 5.43 Å². The van der Waals surface area contributed by atoms with Crippen LogP contribution in [0.3, 0.4) is 0 Å². The maximum Gasteiger partial charge on any atom is 0.193 e. The highest BCUT2D eigenvalue weighted by Crippen LogP contribution is 2.24. The van der Waals surface area contributed by atoms with E-state index in [4.69, 9.17) is 4.42 Å². The second-order valence-electron chi connectivity index (χ2n) is 7.05. The highest BCUT2D eigenvalue weighted by molar-refractivity contribution is 6.06. The van der Waals surface area contributed by atoms with Gasteiger partial charge in [0.2, 0.25) is 0 Å². The Morgan fingerprint density at radius 3 is 1.77 bits per heavy atom. The van der Waals surface area contributed by atoms with Crippen molar-refractivity contribution in [3.8, 4) is 11.3 Å². The maximum atomic E-state index is 11.9. The molecule has 0 unspecified atom stereocenters. The average molecular weight is 389 g/mol. The molecule has 4 aromatic carbocycles. The minimum atomic E-state index is -0.00861. The predicted octanol–water partition coefficient (Wildman–Crippen LogP) is 6.78. The van der Waals surface area contributed by atoms with E-state index in [9.17, 15) is 4.79 Å². The lowest BCUT2D eigenvalue weighted by Gasteiger charge is -2.02. The third-order valence-corrected chi connectivity index (χ3v) is 5.11. The summed E-state index contributed by atoms with van der Waals surface area (Å²) in [5, 5.41) is 3.23. The monoisotopic (exact) mass is 389 g/mol. The van der Waals surface area contributed by atoms with E-state index in [0.717, 1.165) is 5.56 Å². The van der Waals surface area contributed by atoms with E-state index in [2.05, 4.69) is 53.5 Å². The van der Waals surface area contributed by atoms with Gasteiger partial charge in [-0.05, 0) is 24.3 Å². The summed E-state index contributed by atoms with van der Waals surface area (Å²) in [6.07, 6.45) is 0. The summed E-state index contributed by atoms with van der Waals surface area (Å²) in [6, 6.07) is 35.2. The Balaban J connectivity index is 0.000000133. The Morgan fingerprint density at radius 1 is 0.567 bits per heavy atom. The normalized spacial score (nSPS) is 10.8. The largest absolute Gasteiger partial charge is 0.456 e. The number of hydrogen-bond acceptors (Lipinski definition) is 2. The molecule has 0 aliphatic heterocycles. The van der Waals surface area contributed by atoms with Crippen molar-refractivity contribution in [1.29, 1.82) is 0 Å². The van der Waals surface area contributed by atoms with E-state index in [1.165, 1.54) is 27.9 Å². The predicted molar refractivity (Wildman–Crippen MR) is 124 cm³/mol. The number of benzene rings is 4. The highest BCUT2D eigenvalue weighted by atomic mass is 16.3. The number of aromatic nitrogens is 1. The van der Waals surface area contributed by atoms with Crippen LogP contribution in [0.4, 0.5) is 0 Å². The van der Waals surface area contributed by atoms with Crippen LogP contribution in [0.25, 0.3) is 44.1 Å². The Hall–Kier alpha value is -4.11. The summed E-state index contributed by atoms with van der Waals surface area (Å²) >= 11 is 0. The highest BCUT2D eigenvalue weighted by Gasteiger charge is 2.05. The quantitative estimate of drug-likeness (QED) is 0.337. The van der Waals surface area contributed by atoms with E-state index >= 15 is 0 Å². The van der Waals surface area contributed by atoms with Crippen LogP contribution in [0.15, 0.2) is 118 Å². The first-order valence-corrected chi connectivity index (χ1v) is 9.83. The fourth-order valence-corrected chi connectivity index (χ4v) is 3.65. The van der Waals surface area contributed by atoms with Crippen molar-refractivity contribution >= 4 is 32.8 Å². The van der Waals surface area contributed by atoms with E-state index in [0.29, 0.717) is 16.7 Å². The molecular formula is C27H19NO2. The molecule has 1 N–H and O–H groups in total. The van der Waals surface area contributed by atoms with Gasteiger partial charge in [0.05, 0.1) is 5.39 Å². The number of fused-ring (bicyclic) bond motifs is 4. The topological polar surface area (TPSA) is 46.0 Å². The molecule has 2 aromatic heterocycles. The first-order chi connectivity index (χ1) is 14.8. The minimum Gasteiger partial charge on any atom is -0.456 e. The van der Waals surface area contributed by atoms with Gasteiger partial charge in [-0.2, -0.15) is 0 Å². The Morgan fingerprint density at radius 2 is 1.10 bits per heavy atom. The molecule has 6 rings (SSSR count). The van der Waals surface area contributed by atoms with Gasteiger partial charge in [-0.25, -0.2) is 0 Å². The molecule has 0 spiro atoms. The van der Waals surface area contributed by atoms with Crippen LogP contribution in [-0.4, -0.2) is 4.98 Å². The lowest BCUT2D eigenvalue weighted by Crippen LogP contribution is -1.99. The molecule has 0 fully saturated rings. The lowest BCUT2D eigenvalue weighted by atomic mass is 10.1. The van der Waals surface area contributed by atoms with Gasteiger partial charge in [0.25, 0.3) is 0 Å². The SMILES string of the molecule is O=c1cc(-c2ccccc2)oc2ccccc12.c1ccc2c(c1)[nH]c1ccccc12. The van der Waals surface area contributed by atoms with Gasteiger partial charge in [0.1, 0.15) is 11.3 Å². The van der Waals surface area contributed by atoms with Crippen molar-refractivity contribution in [2.75, 3.05) is 0 Å². The Labute approximate surface area is 173 Å². The van der Waals surface area contributed by atoms with Crippen LogP contribution < -0.4 is 5.43 Å². The molecule has 0 bridgehead atoms. The van der Waals surface area contributed by atoms with Crippen LogP contribution >= 0.6 is 0 Å². The van der Waals surface area contributed by atoms with E-state index in [1.807, 2.05) is 48.5 Å². The molecule has 144 valence electrons. The molecule has 0 aliphatic rings. The first kappa shape index (κ1) is 18.0. The van der Waals surface area contributed by atoms with Crippen LogP contribution in [0, 0.1) is 0 Å². The molecule has 3 heteroatoms. The summed E-state index contributed by atoms with van der Waals surface area (Å²) in [6.45, 7) is 0. The van der Waals surface area contributed by atoms with Crippen molar-refractivity contribution < 1.29 is 4.42 Å². The second kappa shape index (κ2) is 7.72. The van der Waals surface area contributed by atoms with Gasteiger partial charge in [0, 0.05) is 33.4 Å². The molecule has 0 amide bonds. The molecule has 0 radical (unpaired) electrons. The smallest absolute Gasteiger partial charge is 0.193 e. The first-order valence-electron chi connectivity index (χ1n) is 9.83. The van der Waals surface area contributed by atoms with Crippen molar-refractivity contribution in [3.63, 3.8) is 0 Å². The number of aromatic amines is 1. The van der Waals surface area contributed by atoms with E-state index in [1.54, 1.807) is 6.07 Å². The van der Waals surface area contributed by atoms with Gasteiger partial charge in [0.15, 0.2) is 5.43 Å². The van der Waals surface area contributed by atoms with Crippen LogP contribution in [-0.2, 0) is 0 Å². The molecule has 0 aliphatic carbocycles. The third kappa shape index (κ3) is 3.38. The standard InChI is InChI=1S/C15H10O2.C12H9N/c16-13-10-15(11-6-2-1-3-7-11)17-14-9-5-4-8-12(13)14;1-3-7-11-9(5-1)10-6-2-4-8-12(10)13-11/h1-10H;1-8,13H. The van der Waals surface area contributed by atoms with Gasteiger partial charge in [-0.15, -0.1) is 0 Å². The van der Waals surface area contributed by atoms with E-state index < -0.39 is 0 Å².